The summed E-state index contributed by atoms with van der Waals surface area (Å²) in [4.78, 5) is 47.9. The maximum Gasteiger partial charge on any atom is 0.226 e. The molecule has 1 atom stereocenters. The van der Waals surface area contributed by atoms with Crippen LogP contribution >= 0.6 is 0 Å². The van der Waals surface area contributed by atoms with Gasteiger partial charge in [0.25, 0.3) is 0 Å². The summed E-state index contributed by atoms with van der Waals surface area (Å²) in [7, 11) is 0. The summed E-state index contributed by atoms with van der Waals surface area (Å²) in [6.07, 6.45) is 5.53. The number of carbonyl (C=O) groups excluding carboxylic acids is 4. The van der Waals surface area contributed by atoms with Gasteiger partial charge in [-0.3, -0.25) is 19.2 Å². The molecule has 1 aromatic carbocycles. The molecule has 0 fully saturated rings. The first-order chi connectivity index (χ1) is 15.6. The van der Waals surface area contributed by atoms with E-state index >= 15 is 0 Å². The van der Waals surface area contributed by atoms with Crippen LogP contribution in [0.15, 0.2) is 18.2 Å². The van der Waals surface area contributed by atoms with Gasteiger partial charge in [0.1, 0.15) is 11.6 Å². The first-order valence-corrected chi connectivity index (χ1v) is 12.6. The van der Waals surface area contributed by atoms with Gasteiger partial charge in [0, 0.05) is 43.8 Å². The summed E-state index contributed by atoms with van der Waals surface area (Å²) in [5.41, 5.74) is 2.87. The normalized spacial score (nSPS) is 11.2. The van der Waals surface area contributed by atoms with E-state index in [1.54, 1.807) is 6.92 Å². The molecule has 5 nitrogen and oxygen atoms in total. The van der Waals surface area contributed by atoms with Gasteiger partial charge in [-0.2, -0.15) is 0 Å². The number of ketones is 3. The smallest absolute Gasteiger partial charge is 0.226 e. The highest BCUT2D eigenvalue weighted by atomic mass is 16.2. The van der Waals surface area contributed by atoms with Gasteiger partial charge >= 0.3 is 0 Å². The molecule has 1 unspecified atom stereocenters. The average Bonchev–Trinajstić information content (AvgIpc) is 2.78. The van der Waals surface area contributed by atoms with Crippen molar-refractivity contribution < 1.29 is 19.2 Å². The molecule has 0 aliphatic heterocycles. The lowest BCUT2D eigenvalue weighted by atomic mass is 9.95. The van der Waals surface area contributed by atoms with Crippen LogP contribution in [0.3, 0.4) is 0 Å². The summed E-state index contributed by atoms with van der Waals surface area (Å²) in [5, 5.41) is 0. The predicted molar refractivity (Wildman–Crippen MR) is 136 cm³/mol. The minimum Gasteiger partial charge on any atom is -0.343 e. The lowest BCUT2D eigenvalue weighted by Gasteiger charge is -2.19. The standard InChI is InChI=1S/C18H27NO2.C10H18O2/c1-5-9-17(20)16-11-10-14(12-15(16)6-2)13-18(21)19(7-3)8-4;1-4-5-10(12)7-6-8(2)9(3)11/h10-12H,5-9,13H2,1-4H3;8H,4-7H2,1-3H3. The molecule has 0 saturated heterocycles. The molecular formula is C28H45NO4. The van der Waals surface area contributed by atoms with E-state index in [-0.39, 0.29) is 29.2 Å². The monoisotopic (exact) mass is 459 g/mol. The van der Waals surface area contributed by atoms with Crippen LogP contribution in [0.1, 0.15) is 108 Å². The molecule has 5 heteroatoms. The van der Waals surface area contributed by atoms with Gasteiger partial charge in [0.15, 0.2) is 5.78 Å². The van der Waals surface area contributed by atoms with Crippen LogP contribution in [0.4, 0.5) is 0 Å². The molecule has 0 bridgehead atoms. The third-order valence-corrected chi connectivity index (χ3v) is 5.88. The Morgan fingerprint density at radius 2 is 1.48 bits per heavy atom. The molecule has 0 N–H and O–H groups in total. The van der Waals surface area contributed by atoms with Crippen LogP contribution in [0.5, 0.6) is 0 Å². The van der Waals surface area contributed by atoms with E-state index in [2.05, 4.69) is 0 Å². The molecule has 1 amide bonds. The number of rotatable bonds is 14. The van der Waals surface area contributed by atoms with Gasteiger partial charge in [-0.25, -0.2) is 0 Å². The van der Waals surface area contributed by atoms with Crippen molar-refractivity contribution in [2.24, 2.45) is 5.92 Å². The zero-order valence-corrected chi connectivity index (χ0v) is 22.0. The number of aryl methyl sites for hydroxylation is 1. The highest BCUT2D eigenvalue weighted by Crippen LogP contribution is 2.17. The minimum atomic E-state index is 0.0470. The molecule has 1 aromatic rings. The average molecular weight is 460 g/mol. The molecule has 0 spiro atoms. The van der Waals surface area contributed by atoms with Gasteiger partial charge < -0.3 is 4.90 Å². The number of hydrogen-bond acceptors (Lipinski definition) is 4. The maximum absolute atomic E-state index is 12.2. The fourth-order valence-corrected chi connectivity index (χ4v) is 3.53. The molecule has 1 rings (SSSR count). The summed E-state index contributed by atoms with van der Waals surface area (Å²) in [5.74, 6) is 0.862. The first kappa shape index (κ1) is 30.7. The number of hydrogen-bond donors (Lipinski definition) is 0. The van der Waals surface area contributed by atoms with Crippen molar-refractivity contribution >= 4 is 23.3 Å². The highest BCUT2D eigenvalue weighted by Gasteiger charge is 2.14. The Kier molecular flexibility index (Phi) is 16.0. The summed E-state index contributed by atoms with van der Waals surface area (Å²) < 4.78 is 0. The van der Waals surface area contributed by atoms with Crippen molar-refractivity contribution in [1.82, 2.24) is 4.90 Å². The van der Waals surface area contributed by atoms with E-state index in [1.807, 2.05) is 64.6 Å². The molecule has 0 aliphatic carbocycles. The molecule has 0 radical (unpaired) electrons. The second-order valence-electron chi connectivity index (χ2n) is 8.60. The molecule has 33 heavy (non-hydrogen) atoms. The number of nitrogens with zero attached hydrogens (tertiary/aromatic N) is 1. The number of carbonyl (C=O) groups is 4. The maximum atomic E-state index is 12.2. The van der Waals surface area contributed by atoms with Crippen molar-refractivity contribution in [1.29, 1.82) is 0 Å². The Bertz CT molecular complexity index is 765. The van der Waals surface area contributed by atoms with E-state index < -0.39 is 0 Å². The van der Waals surface area contributed by atoms with Crippen LogP contribution in [-0.4, -0.2) is 41.2 Å². The zero-order valence-electron chi connectivity index (χ0n) is 22.0. The topological polar surface area (TPSA) is 71.5 Å². The quantitative estimate of drug-likeness (QED) is 0.320. The number of benzene rings is 1. The lowest BCUT2D eigenvalue weighted by Crippen LogP contribution is -2.31. The summed E-state index contributed by atoms with van der Waals surface area (Å²) >= 11 is 0. The second kappa shape index (κ2) is 17.2. The molecule has 0 saturated carbocycles. The van der Waals surface area contributed by atoms with Gasteiger partial charge in [0.2, 0.25) is 5.91 Å². The van der Waals surface area contributed by atoms with Crippen LogP contribution in [0.25, 0.3) is 0 Å². The van der Waals surface area contributed by atoms with Crippen LogP contribution < -0.4 is 0 Å². The van der Waals surface area contributed by atoms with Crippen LogP contribution in [-0.2, 0) is 27.2 Å². The highest BCUT2D eigenvalue weighted by molar-refractivity contribution is 5.97. The molecule has 0 aromatic heterocycles. The second-order valence-corrected chi connectivity index (χ2v) is 8.60. The van der Waals surface area contributed by atoms with Crippen molar-refractivity contribution in [3.05, 3.63) is 34.9 Å². The Morgan fingerprint density at radius 3 is 1.97 bits per heavy atom. The van der Waals surface area contributed by atoms with Crippen molar-refractivity contribution in [3.8, 4) is 0 Å². The van der Waals surface area contributed by atoms with Crippen LogP contribution in [0, 0.1) is 5.92 Å². The van der Waals surface area contributed by atoms with Gasteiger partial charge in [0.05, 0.1) is 6.42 Å². The molecule has 0 aliphatic rings. The minimum absolute atomic E-state index is 0.0470. The molecule has 0 heterocycles. The molecular weight excluding hydrogens is 414 g/mol. The van der Waals surface area contributed by atoms with Gasteiger partial charge in [-0.15, -0.1) is 0 Å². The Hall–Kier alpha value is -2.30. The van der Waals surface area contributed by atoms with Crippen LogP contribution in [0.2, 0.25) is 0 Å². The third-order valence-electron chi connectivity index (χ3n) is 5.88. The number of amides is 1. The summed E-state index contributed by atoms with van der Waals surface area (Å²) in [6.45, 7) is 15.0. The largest absolute Gasteiger partial charge is 0.343 e. The van der Waals surface area contributed by atoms with Crippen molar-refractivity contribution in [3.63, 3.8) is 0 Å². The zero-order chi connectivity index (χ0) is 25.4. The van der Waals surface area contributed by atoms with Gasteiger partial charge in [-0.05, 0) is 57.6 Å². The van der Waals surface area contributed by atoms with E-state index in [1.165, 1.54) is 0 Å². The lowest BCUT2D eigenvalue weighted by molar-refractivity contribution is -0.130. The van der Waals surface area contributed by atoms with E-state index in [4.69, 9.17) is 0 Å². The van der Waals surface area contributed by atoms with E-state index in [0.717, 1.165) is 49.0 Å². The fraction of sp³-hybridized carbons (Fsp3) is 0.643. The van der Waals surface area contributed by atoms with E-state index in [0.29, 0.717) is 32.1 Å². The Morgan fingerprint density at radius 1 is 0.879 bits per heavy atom. The SMILES string of the molecule is CCCC(=O)CCC(C)C(C)=O.CCCC(=O)c1ccc(CC(=O)N(CC)CC)cc1CC. The fourth-order valence-electron chi connectivity index (χ4n) is 3.53. The van der Waals surface area contributed by atoms with Gasteiger partial charge in [-0.1, -0.05) is 45.9 Å². The number of Topliss-reactive ketones (excluding diaryl/α,β-unsaturated/α-hetero) is 3. The van der Waals surface area contributed by atoms with Crippen molar-refractivity contribution in [2.45, 2.75) is 99.8 Å². The predicted octanol–water partition coefficient (Wildman–Crippen LogP) is 6.00. The van der Waals surface area contributed by atoms with E-state index in [9.17, 15) is 19.2 Å². The first-order valence-electron chi connectivity index (χ1n) is 12.6. The number of likely N-dealkylation sites (N-methyl/N-ethyl adjacent to an activating group) is 1. The Balaban J connectivity index is 0.000000728. The Labute approximate surface area is 201 Å². The molecule has 186 valence electrons. The third kappa shape index (κ3) is 11.9. The summed E-state index contributed by atoms with van der Waals surface area (Å²) in [6, 6.07) is 5.83. The van der Waals surface area contributed by atoms with Crippen molar-refractivity contribution in [2.75, 3.05) is 13.1 Å².